The van der Waals surface area contributed by atoms with Crippen LogP contribution in [0.3, 0.4) is 0 Å². The number of sulfonamides is 1. The summed E-state index contributed by atoms with van der Waals surface area (Å²) in [7, 11) is -4.19. The fourth-order valence-electron chi connectivity index (χ4n) is 4.49. The quantitative estimate of drug-likeness (QED) is 0.247. The van der Waals surface area contributed by atoms with E-state index < -0.39 is 28.5 Å². The Bertz CT molecular complexity index is 1440. The number of carbonyl (C=O) groups excluding carboxylic acids is 2. The largest absolute Gasteiger partial charge is 0.494 e. The van der Waals surface area contributed by atoms with Gasteiger partial charge in [-0.15, -0.1) is 0 Å². The maximum Gasteiger partial charge on any atom is 0.264 e. The van der Waals surface area contributed by atoms with Gasteiger partial charge in [0.25, 0.3) is 10.0 Å². The summed E-state index contributed by atoms with van der Waals surface area (Å²) in [5, 5.41) is 3.33. The minimum atomic E-state index is -4.19. The van der Waals surface area contributed by atoms with Gasteiger partial charge in [0.1, 0.15) is 18.3 Å². The van der Waals surface area contributed by atoms with Crippen LogP contribution in [0.1, 0.15) is 45.2 Å². The standard InChI is InChI=1S/C32H40ClN3O5S/c1-6-30(32(38)34-20-23(3)4)35(21-25-10-8-9-24(5)19-25)31(37)22-36(27-13-15-28(16-14-27)41-7-2)42(39,40)29-17-11-26(33)12-18-29/h8-19,23,30H,6-7,20-22H2,1-5H3,(H,34,38)/t30-/m0/s1. The van der Waals surface area contributed by atoms with Gasteiger partial charge in [0, 0.05) is 18.1 Å². The summed E-state index contributed by atoms with van der Waals surface area (Å²) >= 11 is 6.02. The molecule has 10 heteroatoms. The molecule has 42 heavy (non-hydrogen) atoms. The van der Waals surface area contributed by atoms with Crippen LogP contribution in [0.15, 0.2) is 77.7 Å². The van der Waals surface area contributed by atoms with E-state index in [-0.39, 0.29) is 29.0 Å². The molecule has 0 saturated heterocycles. The minimum Gasteiger partial charge on any atom is -0.494 e. The highest BCUT2D eigenvalue weighted by Gasteiger charge is 2.33. The Hall–Kier alpha value is -3.56. The van der Waals surface area contributed by atoms with Crippen LogP contribution in [0.4, 0.5) is 5.69 Å². The summed E-state index contributed by atoms with van der Waals surface area (Å²) in [6, 6.07) is 19.2. The number of nitrogens with one attached hydrogen (secondary N) is 1. The number of anilines is 1. The fourth-order valence-corrected chi connectivity index (χ4v) is 6.03. The first kappa shape index (κ1) is 32.9. The molecule has 1 atom stereocenters. The van der Waals surface area contributed by atoms with Gasteiger partial charge in [-0.05, 0) is 80.3 Å². The van der Waals surface area contributed by atoms with Gasteiger partial charge in [-0.3, -0.25) is 13.9 Å². The predicted molar refractivity (Wildman–Crippen MR) is 167 cm³/mol. The molecule has 0 aliphatic heterocycles. The average molecular weight is 614 g/mol. The Morgan fingerprint density at radius 2 is 1.64 bits per heavy atom. The summed E-state index contributed by atoms with van der Waals surface area (Å²) in [5.74, 6) is 0.0206. The van der Waals surface area contributed by atoms with E-state index in [1.54, 1.807) is 24.3 Å². The number of rotatable bonds is 14. The predicted octanol–water partition coefficient (Wildman–Crippen LogP) is 5.82. The van der Waals surface area contributed by atoms with E-state index in [1.165, 1.54) is 29.2 Å². The lowest BCUT2D eigenvalue weighted by Gasteiger charge is -2.33. The van der Waals surface area contributed by atoms with Gasteiger partial charge >= 0.3 is 0 Å². The second-order valence-electron chi connectivity index (χ2n) is 10.5. The van der Waals surface area contributed by atoms with Crippen molar-refractivity contribution >= 4 is 39.1 Å². The van der Waals surface area contributed by atoms with Gasteiger partial charge in [0.15, 0.2) is 0 Å². The van der Waals surface area contributed by atoms with Gasteiger partial charge in [0.2, 0.25) is 11.8 Å². The van der Waals surface area contributed by atoms with Crippen LogP contribution in [-0.4, -0.2) is 50.9 Å². The van der Waals surface area contributed by atoms with Gasteiger partial charge in [-0.2, -0.15) is 0 Å². The Morgan fingerprint density at radius 3 is 2.21 bits per heavy atom. The first-order valence-corrected chi connectivity index (χ1v) is 15.9. The zero-order valence-corrected chi connectivity index (χ0v) is 26.4. The van der Waals surface area contributed by atoms with Crippen LogP contribution >= 0.6 is 11.6 Å². The van der Waals surface area contributed by atoms with Crippen molar-refractivity contribution in [1.29, 1.82) is 0 Å². The number of aryl methyl sites for hydroxylation is 1. The lowest BCUT2D eigenvalue weighted by Crippen LogP contribution is -2.52. The molecule has 0 aromatic heterocycles. The molecule has 0 radical (unpaired) electrons. The highest BCUT2D eigenvalue weighted by atomic mass is 35.5. The first-order chi connectivity index (χ1) is 20.0. The second-order valence-corrected chi connectivity index (χ2v) is 12.8. The molecule has 8 nitrogen and oxygen atoms in total. The summed E-state index contributed by atoms with van der Waals surface area (Å²) in [6.07, 6.45) is 0.356. The lowest BCUT2D eigenvalue weighted by molar-refractivity contribution is -0.140. The van der Waals surface area contributed by atoms with E-state index in [2.05, 4.69) is 5.32 Å². The topological polar surface area (TPSA) is 96.0 Å². The number of carbonyl (C=O) groups is 2. The third-order valence-electron chi connectivity index (χ3n) is 6.62. The molecule has 0 aliphatic rings. The Morgan fingerprint density at radius 1 is 0.976 bits per heavy atom. The third-order valence-corrected chi connectivity index (χ3v) is 8.66. The van der Waals surface area contributed by atoms with Crippen LogP contribution in [0, 0.1) is 12.8 Å². The molecule has 3 aromatic rings. The summed E-state index contributed by atoms with van der Waals surface area (Å²) in [5.41, 5.74) is 2.14. The maximum atomic E-state index is 14.2. The van der Waals surface area contributed by atoms with Gasteiger partial charge in [-0.1, -0.05) is 62.2 Å². The summed E-state index contributed by atoms with van der Waals surface area (Å²) < 4.78 is 34.5. The first-order valence-electron chi connectivity index (χ1n) is 14.1. The smallest absolute Gasteiger partial charge is 0.264 e. The van der Waals surface area contributed by atoms with E-state index >= 15 is 0 Å². The second kappa shape index (κ2) is 15.1. The van der Waals surface area contributed by atoms with E-state index in [0.29, 0.717) is 30.3 Å². The SMILES string of the molecule is CCOc1ccc(N(CC(=O)N(Cc2cccc(C)c2)[C@@H](CC)C(=O)NCC(C)C)S(=O)(=O)c2ccc(Cl)cc2)cc1. The highest BCUT2D eigenvalue weighted by molar-refractivity contribution is 7.92. The number of benzene rings is 3. The van der Waals surface area contributed by atoms with Crippen molar-refractivity contribution in [2.45, 2.75) is 58.5 Å². The number of halogens is 1. The fraction of sp³-hybridized carbons (Fsp3) is 0.375. The number of nitrogens with zero attached hydrogens (tertiary/aromatic N) is 2. The van der Waals surface area contributed by atoms with Crippen LogP contribution in [0.2, 0.25) is 5.02 Å². The molecule has 3 aromatic carbocycles. The Balaban J connectivity index is 2.05. The van der Waals surface area contributed by atoms with Crippen LogP contribution < -0.4 is 14.4 Å². The number of ether oxygens (including phenoxy) is 1. The van der Waals surface area contributed by atoms with Crippen molar-refractivity contribution in [2.24, 2.45) is 5.92 Å². The number of hydrogen-bond acceptors (Lipinski definition) is 5. The summed E-state index contributed by atoms with van der Waals surface area (Å²) in [6.45, 7) is 10.2. The van der Waals surface area contributed by atoms with Crippen molar-refractivity contribution in [3.63, 3.8) is 0 Å². The van der Waals surface area contributed by atoms with E-state index in [9.17, 15) is 18.0 Å². The third kappa shape index (κ3) is 8.72. The molecule has 0 aliphatic carbocycles. The van der Waals surface area contributed by atoms with Gasteiger partial charge in [-0.25, -0.2) is 8.42 Å². The van der Waals surface area contributed by atoms with Crippen molar-refractivity contribution < 1.29 is 22.7 Å². The van der Waals surface area contributed by atoms with Gasteiger partial charge in [0.05, 0.1) is 17.2 Å². The lowest BCUT2D eigenvalue weighted by atomic mass is 10.1. The zero-order chi connectivity index (χ0) is 30.9. The van der Waals surface area contributed by atoms with Crippen LogP contribution in [-0.2, 0) is 26.2 Å². The maximum absolute atomic E-state index is 14.2. The van der Waals surface area contributed by atoms with E-state index in [4.69, 9.17) is 16.3 Å². The normalized spacial score (nSPS) is 12.1. The molecular formula is C32H40ClN3O5S. The molecular weight excluding hydrogens is 574 g/mol. The molecule has 0 bridgehead atoms. The molecule has 226 valence electrons. The van der Waals surface area contributed by atoms with Crippen molar-refractivity contribution in [3.05, 3.63) is 88.9 Å². The Labute approximate surface area is 254 Å². The zero-order valence-electron chi connectivity index (χ0n) is 24.8. The van der Waals surface area contributed by atoms with Crippen LogP contribution in [0.25, 0.3) is 0 Å². The highest BCUT2D eigenvalue weighted by Crippen LogP contribution is 2.27. The molecule has 3 rings (SSSR count). The summed E-state index contributed by atoms with van der Waals surface area (Å²) in [4.78, 5) is 28.9. The van der Waals surface area contributed by atoms with Gasteiger partial charge < -0.3 is 15.0 Å². The Kier molecular flexibility index (Phi) is 11.8. The van der Waals surface area contributed by atoms with Crippen LogP contribution in [0.5, 0.6) is 5.75 Å². The molecule has 0 saturated carbocycles. The van der Waals surface area contributed by atoms with Crippen molar-refractivity contribution in [1.82, 2.24) is 10.2 Å². The van der Waals surface area contributed by atoms with E-state index in [1.807, 2.05) is 58.9 Å². The average Bonchev–Trinajstić information content (AvgIpc) is 2.95. The minimum absolute atomic E-state index is 0.0134. The monoisotopic (exact) mass is 613 g/mol. The molecule has 0 spiro atoms. The molecule has 0 fully saturated rings. The molecule has 0 unspecified atom stereocenters. The molecule has 1 N–H and O–H groups in total. The van der Waals surface area contributed by atoms with Crippen molar-refractivity contribution in [2.75, 3.05) is 24.0 Å². The van der Waals surface area contributed by atoms with Crippen molar-refractivity contribution in [3.8, 4) is 5.75 Å². The van der Waals surface area contributed by atoms with E-state index in [0.717, 1.165) is 15.4 Å². The molecule has 0 heterocycles. The molecule has 2 amide bonds. The number of hydrogen-bond donors (Lipinski definition) is 1. The number of amides is 2.